The highest BCUT2D eigenvalue weighted by Crippen LogP contribution is 2.17. The average molecular weight is 447 g/mol. The van der Waals surface area contributed by atoms with Crippen molar-refractivity contribution in [3.05, 3.63) is 35.9 Å². The highest BCUT2D eigenvalue weighted by Gasteiger charge is 2.34. The molecule has 0 aromatic heterocycles. The van der Waals surface area contributed by atoms with Crippen LogP contribution in [0.4, 0.5) is 0 Å². The molecule has 1 aromatic carbocycles. The summed E-state index contributed by atoms with van der Waals surface area (Å²) in [6.45, 7) is -0.135. The topological polar surface area (TPSA) is 185 Å². The van der Waals surface area contributed by atoms with Crippen LogP contribution in [-0.4, -0.2) is 70.8 Å². The van der Waals surface area contributed by atoms with Crippen LogP contribution >= 0.6 is 0 Å². The number of nitrogens with two attached hydrogens (primary N) is 2. The van der Waals surface area contributed by atoms with Gasteiger partial charge in [-0.25, -0.2) is 4.79 Å². The molecule has 11 nitrogen and oxygen atoms in total. The molecule has 4 amide bonds. The van der Waals surface area contributed by atoms with Gasteiger partial charge in [-0.2, -0.15) is 0 Å². The van der Waals surface area contributed by atoms with Gasteiger partial charge in [-0.15, -0.1) is 0 Å². The zero-order valence-corrected chi connectivity index (χ0v) is 17.7. The zero-order chi connectivity index (χ0) is 23.7. The molecular formula is C21H29N5O6. The summed E-state index contributed by atoms with van der Waals surface area (Å²) in [5, 5.41) is 14.1. The third-order valence-corrected chi connectivity index (χ3v) is 5.22. The van der Waals surface area contributed by atoms with Crippen LogP contribution in [0.3, 0.4) is 0 Å². The third-order valence-electron chi connectivity index (χ3n) is 5.22. The molecule has 3 unspecified atom stereocenters. The van der Waals surface area contributed by atoms with Gasteiger partial charge >= 0.3 is 5.97 Å². The molecule has 0 bridgehead atoms. The first-order valence-electron chi connectivity index (χ1n) is 10.4. The van der Waals surface area contributed by atoms with Gasteiger partial charge in [0.05, 0.1) is 12.6 Å². The Morgan fingerprint density at radius 1 is 1.12 bits per heavy atom. The van der Waals surface area contributed by atoms with Gasteiger partial charge in [-0.3, -0.25) is 19.2 Å². The van der Waals surface area contributed by atoms with Crippen molar-refractivity contribution in [2.75, 3.05) is 13.1 Å². The second-order valence-corrected chi connectivity index (χ2v) is 7.66. The molecule has 0 aliphatic carbocycles. The number of primary amides is 1. The molecule has 1 aromatic rings. The lowest BCUT2D eigenvalue weighted by molar-refractivity contribution is -0.148. The highest BCUT2D eigenvalue weighted by atomic mass is 16.4. The maximum atomic E-state index is 12.6. The monoisotopic (exact) mass is 447 g/mol. The molecule has 1 saturated heterocycles. The van der Waals surface area contributed by atoms with Gasteiger partial charge in [0.1, 0.15) is 12.1 Å². The molecule has 174 valence electrons. The van der Waals surface area contributed by atoms with E-state index in [9.17, 15) is 29.1 Å². The predicted octanol–water partition coefficient (Wildman–Crippen LogP) is -1.50. The summed E-state index contributed by atoms with van der Waals surface area (Å²) < 4.78 is 0. The van der Waals surface area contributed by atoms with E-state index in [0.29, 0.717) is 19.4 Å². The Bertz CT molecular complexity index is 846. The van der Waals surface area contributed by atoms with Crippen molar-refractivity contribution in [3.63, 3.8) is 0 Å². The van der Waals surface area contributed by atoms with E-state index in [1.807, 2.05) is 30.3 Å². The number of hydrogen-bond donors (Lipinski definition) is 5. The van der Waals surface area contributed by atoms with Crippen molar-refractivity contribution in [3.8, 4) is 0 Å². The summed E-state index contributed by atoms with van der Waals surface area (Å²) in [5.41, 5.74) is 12.0. The molecular weight excluding hydrogens is 418 g/mol. The number of aliphatic carboxylic acids is 1. The molecule has 0 radical (unpaired) electrons. The van der Waals surface area contributed by atoms with Crippen molar-refractivity contribution in [1.82, 2.24) is 15.5 Å². The predicted molar refractivity (Wildman–Crippen MR) is 114 cm³/mol. The van der Waals surface area contributed by atoms with Gasteiger partial charge in [0.2, 0.25) is 23.6 Å². The quantitative estimate of drug-likeness (QED) is 0.273. The highest BCUT2D eigenvalue weighted by molar-refractivity contribution is 5.93. The fraction of sp³-hybridized carbons (Fsp3) is 0.476. The first-order chi connectivity index (χ1) is 15.2. The molecule has 1 aliphatic rings. The first kappa shape index (κ1) is 24.8. The van der Waals surface area contributed by atoms with Crippen molar-refractivity contribution in [2.24, 2.45) is 11.5 Å². The second kappa shape index (κ2) is 11.8. The molecule has 0 spiro atoms. The Kier molecular flexibility index (Phi) is 9.14. The van der Waals surface area contributed by atoms with Crippen LogP contribution in [0.5, 0.6) is 0 Å². The van der Waals surface area contributed by atoms with Crippen LogP contribution in [0.15, 0.2) is 30.3 Å². The Labute approximate surface area is 185 Å². The maximum absolute atomic E-state index is 12.6. The number of carboxylic acid groups (broad SMARTS) is 1. The normalized spacial score (nSPS) is 17.3. The van der Waals surface area contributed by atoms with Crippen LogP contribution in [-0.2, 0) is 30.4 Å². The fourth-order valence-electron chi connectivity index (χ4n) is 3.50. The Morgan fingerprint density at radius 3 is 2.44 bits per heavy atom. The minimum Gasteiger partial charge on any atom is -0.480 e. The smallest absolute Gasteiger partial charge is 0.326 e. The molecule has 7 N–H and O–H groups in total. The van der Waals surface area contributed by atoms with E-state index in [2.05, 4.69) is 10.6 Å². The van der Waals surface area contributed by atoms with E-state index in [-0.39, 0.29) is 19.3 Å². The van der Waals surface area contributed by atoms with Crippen molar-refractivity contribution >= 4 is 29.6 Å². The molecule has 0 saturated carbocycles. The lowest BCUT2D eigenvalue weighted by atomic mass is 10.0. The maximum Gasteiger partial charge on any atom is 0.326 e. The molecule has 32 heavy (non-hydrogen) atoms. The van der Waals surface area contributed by atoms with E-state index in [4.69, 9.17) is 11.5 Å². The molecule has 1 fully saturated rings. The summed E-state index contributed by atoms with van der Waals surface area (Å²) in [6.07, 6.45) is 0.938. The van der Waals surface area contributed by atoms with E-state index in [1.54, 1.807) is 0 Å². The number of carbonyl (C=O) groups is 5. The number of hydrogen-bond acceptors (Lipinski definition) is 6. The zero-order valence-electron chi connectivity index (χ0n) is 17.7. The standard InChI is InChI=1S/C21H29N5O6/c22-14(11-13-5-2-1-3-6-13)19(29)25-15(8-9-17(23)27)20(30)24-12-18(28)26-10-4-7-16(26)21(31)32/h1-3,5-6,14-16H,4,7-12,22H2,(H2,23,27)(H,24,30)(H,25,29)(H,31,32). The first-order valence-corrected chi connectivity index (χ1v) is 10.4. The van der Waals surface area contributed by atoms with E-state index in [1.165, 1.54) is 4.90 Å². The number of carbonyl (C=O) groups excluding carboxylic acids is 4. The number of nitrogens with zero attached hydrogens (tertiary/aromatic N) is 1. The van der Waals surface area contributed by atoms with E-state index >= 15 is 0 Å². The SMILES string of the molecule is NC(=O)CCC(NC(=O)C(N)Cc1ccccc1)C(=O)NCC(=O)N1CCCC1C(=O)O. The van der Waals surface area contributed by atoms with Gasteiger partial charge in [0.15, 0.2) is 0 Å². The van der Waals surface area contributed by atoms with Gasteiger partial charge in [-0.1, -0.05) is 30.3 Å². The van der Waals surface area contributed by atoms with E-state index in [0.717, 1.165) is 5.56 Å². The van der Waals surface area contributed by atoms with E-state index < -0.39 is 54.3 Å². The lowest BCUT2D eigenvalue weighted by Crippen LogP contribution is -2.54. The summed E-state index contributed by atoms with van der Waals surface area (Å²) >= 11 is 0. The Balaban J connectivity index is 1.95. The largest absolute Gasteiger partial charge is 0.480 e. The summed E-state index contributed by atoms with van der Waals surface area (Å²) in [6, 6.07) is 6.13. The van der Waals surface area contributed by atoms with Gasteiger partial charge in [0, 0.05) is 13.0 Å². The summed E-state index contributed by atoms with van der Waals surface area (Å²) in [7, 11) is 0. The van der Waals surface area contributed by atoms with Crippen LogP contribution in [0.25, 0.3) is 0 Å². The van der Waals surface area contributed by atoms with Crippen LogP contribution in [0, 0.1) is 0 Å². The van der Waals surface area contributed by atoms with Crippen LogP contribution in [0.2, 0.25) is 0 Å². The van der Waals surface area contributed by atoms with Crippen molar-refractivity contribution < 1.29 is 29.1 Å². The van der Waals surface area contributed by atoms with Crippen molar-refractivity contribution in [2.45, 2.75) is 50.2 Å². The van der Waals surface area contributed by atoms with Crippen LogP contribution < -0.4 is 22.1 Å². The summed E-state index contributed by atoms with van der Waals surface area (Å²) in [5.74, 6) is -3.56. The number of rotatable bonds is 11. The molecule has 1 aliphatic heterocycles. The van der Waals surface area contributed by atoms with Crippen molar-refractivity contribution in [1.29, 1.82) is 0 Å². The fourth-order valence-corrected chi connectivity index (χ4v) is 3.50. The third kappa shape index (κ3) is 7.34. The number of carboxylic acids is 1. The van der Waals surface area contributed by atoms with Gasteiger partial charge < -0.3 is 32.1 Å². The molecule has 2 rings (SSSR count). The Morgan fingerprint density at radius 2 is 1.81 bits per heavy atom. The summed E-state index contributed by atoms with van der Waals surface area (Å²) in [4.78, 5) is 61.1. The van der Waals surface area contributed by atoms with Gasteiger partial charge in [0.25, 0.3) is 0 Å². The number of benzene rings is 1. The molecule has 3 atom stereocenters. The van der Waals surface area contributed by atoms with Crippen LogP contribution in [0.1, 0.15) is 31.2 Å². The van der Waals surface area contributed by atoms with Gasteiger partial charge in [-0.05, 0) is 31.2 Å². The average Bonchev–Trinajstić information content (AvgIpc) is 3.25. The lowest BCUT2D eigenvalue weighted by Gasteiger charge is -2.23. The Hall–Kier alpha value is -3.47. The minimum absolute atomic E-state index is 0.0688. The number of nitrogens with one attached hydrogen (secondary N) is 2. The molecule has 1 heterocycles. The molecule has 11 heteroatoms. The number of likely N-dealkylation sites (tertiary alicyclic amines) is 1. The minimum atomic E-state index is -1.13. The second-order valence-electron chi connectivity index (χ2n) is 7.66. The number of amides is 4.